The Balaban J connectivity index is 1.85. The second-order valence-electron chi connectivity index (χ2n) is 7.23. The van der Waals surface area contributed by atoms with E-state index < -0.39 is 0 Å². The molecule has 0 saturated heterocycles. The second kappa shape index (κ2) is 8.73. The molecule has 0 fully saturated rings. The summed E-state index contributed by atoms with van der Waals surface area (Å²) in [7, 11) is 3.22. The van der Waals surface area contributed by atoms with Gasteiger partial charge in [-0.2, -0.15) is 0 Å². The summed E-state index contributed by atoms with van der Waals surface area (Å²) >= 11 is 1.40. The van der Waals surface area contributed by atoms with E-state index in [0.29, 0.717) is 34.3 Å². The van der Waals surface area contributed by atoms with Crippen LogP contribution in [0.2, 0.25) is 0 Å². The van der Waals surface area contributed by atoms with Crippen molar-refractivity contribution in [3.63, 3.8) is 0 Å². The minimum atomic E-state index is -0.130. The lowest BCUT2D eigenvalue weighted by atomic mass is 10.1. The average Bonchev–Trinajstić information content (AvgIpc) is 3.21. The Morgan fingerprint density at radius 2 is 1.71 bits per heavy atom. The molecule has 0 radical (unpaired) electrons. The smallest absolute Gasteiger partial charge is 0.260 e. The lowest BCUT2D eigenvalue weighted by Gasteiger charge is -2.20. The van der Waals surface area contributed by atoms with Crippen LogP contribution >= 0.6 is 11.3 Å². The maximum Gasteiger partial charge on any atom is 0.260 e. The van der Waals surface area contributed by atoms with Gasteiger partial charge < -0.3 is 9.47 Å². The summed E-state index contributed by atoms with van der Waals surface area (Å²) in [6, 6.07) is 15.2. The largest absolute Gasteiger partial charge is 0.495 e. The molecular formula is C24H23N3O3S. The van der Waals surface area contributed by atoms with Crippen LogP contribution in [0, 0.1) is 13.8 Å². The zero-order valence-corrected chi connectivity index (χ0v) is 18.7. The standard InChI is InChI=1S/C24H23N3O3S/c1-15-11-16(2)13-17(12-15)23(28)27(14-18-7-5-6-10-25-18)24-26-21-19(29-3)8-9-20(30-4)22(21)31-24/h5-13H,14H2,1-4H3. The van der Waals surface area contributed by atoms with Crippen molar-refractivity contribution >= 4 is 32.6 Å². The van der Waals surface area contributed by atoms with Crippen LogP contribution in [0.3, 0.4) is 0 Å². The molecule has 7 heteroatoms. The van der Waals surface area contributed by atoms with Gasteiger partial charge in [0.05, 0.1) is 26.5 Å². The van der Waals surface area contributed by atoms with Crippen molar-refractivity contribution in [2.45, 2.75) is 20.4 Å². The van der Waals surface area contributed by atoms with Crippen molar-refractivity contribution in [1.29, 1.82) is 0 Å². The van der Waals surface area contributed by atoms with Crippen molar-refractivity contribution in [2.24, 2.45) is 0 Å². The second-order valence-corrected chi connectivity index (χ2v) is 8.21. The Kier molecular flexibility index (Phi) is 5.86. The van der Waals surface area contributed by atoms with Crippen LogP contribution < -0.4 is 14.4 Å². The Bertz CT molecular complexity index is 1180. The third-order valence-electron chi connectivity index (χ3n) is 4.89. The topological polar surface area (TPSA) is 64.6 Å². The molecule has 4 rings (SSSR count). The zero-order valence-electron chi connectivity index (χ0n) is 17.9. The van der Waals surface area contributed by atoms with E-state index in [1.54, 1.807) is 25.3 Å². The van der Waals surface area contributed by atoms with Crippen molar-refractivity contribution in [3.8, 4) is 11.5 Å². The predicted octanol–water partition coefficient (Wildman–Crippen LogP) is 5.17. The monoisotopic (exact) mass is 433 g/mol. The summed E-state index contributed by atoms with van der Waals surface area (Å²) in [5, 5.41) is 0.563. The van der Waals surface area contributed by atoms with Crippen molar-refractivity contribution in [2.75, 3.05) is 19.1 Å². The van der Waals surface area contributed by atoms with E-state index in [0.717, 1.165) is 21.5 Å². The highest BCUT2D eigenvalue weighted by molar-refractivity contribution is 7.22. The molecule has 6 nitrogen and oxygen atoms in total. The van der Waals surface area contributed by atoms with E-state index in [1.807, 2.05) is 62.4 Å². The number of fused-ring (bicyclic) bond motifs is 1. The number of thiazole rings is 1. The molecule has 0 aliphatic heterocycles. The first kappa shape index (κ1) is 20.8. The Hall–Kier alpha value is -3.45. The molecule has 0 saturated carbocycles. The zero-order chi connectivity index (χ0) is 22.0. The fraction of sp³-hybridized carbons (Fsp3) is 0.208. The Morgan fingerprint density at radius 1 is 1.00 bits per heavy atom. The van der Waals surface area contributed by atoms with Gasteiger partial charge >= 0.3 is 0 Å². The molecule has 1 amide bonds. The summed E-state index contributed by atoms with van der Waals surface area (Å²) in [6.07, 6.45) is 1.72. The molecule has 0 N–H and O–H groups in total. The number of amides is 1. The molecule has 4 aromatic rings. The quantitative estimate of drug-likeness (QED) is 0.420. The number of hydrogen-bond acceptors (Lipinski definition) is 6. The maximum absolute atomic E-state index is 13.6. The molecule has 0 bridgehead atoms. The lowest BCUT2D eigenvalue weighted by molar-refractivity contribution is 0.0984. The van der Waals surface area contributed by atoms with Crippen LogP contribution in [0.1, 0.15) is 27.2 Å². The molecule has 0 atom stereocenters. The van der Waals surface area contributed by atoms with Crippen molar-refractivity contribution < 1.29 is 14.3 Å². The minimum absolute atomic E-state index is 0.130. The summed E-state index contributed by atoms with van der Waals surface area (Å²) in [4.78, 5) is 24.5. The molecular weight excluding hydrogens is 410 g/mol. The number of methoxy groups -OCH3 is 2. The molecule has 2 heterocycles. The van der Waals surface area contributed by atoms with E-state index >= 15 is 0 Å². The molecule has 31 heavy (non-hydrogen) atoms. The highest BCUT2D eigenvalue weighted by atomic mass is 32.1. The Morgan fingerprint density at radius 3 is 2.35 bits per heavy atom. The number of nitrogens with zero attached hydrogens (tertiary/aromatic N) is 3. The fourth-order valence-corrected chi connectivity index (χ4v) is 4.60. The molecule has 0 aliphatic rings. The summed E-state index contributed by atoms with van der Waals surface area (Å²) in [5.74, 6) is 1.19. The summed E-state index contributed by atoms with van der Waals surface area (Å²) in [6.45, 7) is 4.28. The lowest BCUT2D eigenvalue weighted by Crippen LogP contribution is -2.30. The first-order valence-electron chi connectivity index (χ1n) is 9.81. The van der Waals surface area contributed by atoms with Crippen LogP contribution in [0.4, 0.5) is 5.13 Å². The molecule has 2 aromatic carbocycles. The van der Waals surface area contributed by atoms with Gasteiger partial charge in [0.2, 0.25) is 0 Å². The van der Waals surface area contributed by atoms with Gasteiger partial charge in [0, 0.05) is 11.8 Å². The van der Waals surface area contributed by atoms with Gasteiger partial charge in [0.25, 0.3) is 5.91 Å². The van der Waals surface area contributed by atoms with Gasteiger partial charge in [-0.05, 0) is 50.2 Å². The summed E-state index contributed by atoms with van der Waals surface area (Å²) < 4.78 is 11.8. The van der Waals surface area contributed by atoms with Gasteiger partial charge in [-0.15, -0.1) is 0 Å². The predicted molar refractivity (Wildman–Crippen MR) is 123 cm³/mol. The van der Waals surface area contributed by atoms with E-state index in [-0.39, 0.29) is 5.91 Å². The van der Waals surface area contributed by atoms with E-state index in [2.05, 4.69) is 4.98 Å². The number of rotatable bonds is 6. The Labute approximate surface area is 185 Å². The number of pyridine rings is 1. The maximum atomic E-state index is 13.6. The molecule has 0 spiro atoms. The first-order chi connectivity index (χ1) is 15.0. The minimum Gasteiger partial charge on any atom is -0.495 e. The van der Waals surface area contributed by atoms with E-state index in [1.165, 1.54) is 11.3 Å². The van der Waals surface area contributed by atoms with Crippen LogP contribution in [0.25, 0.3) is 10.2 Å². The van der Waals surface area contributed by atoms with Crippen LogP contribution in [-0.2, 0) is 6.54 Å². The molecule has 158 valence electrons. The third kappa shape index (κ3) is 4.22. The first-order valence-corrected chi connectivity index (χ1v) is 10.6. The highest BCUT2D eigenvalue weighted by Gasteiger charge is 2.24. The van der Waals surface area contributed by atoms with Gasteiger partial charge in [-0.3, -0.25) is 14.7 Å². The number of anilines is 1. The van der Waals surface area contributed by atoms with Gasteiger partial charge in [-0.1, -0.05) is 34.6 Å². The highest BCUT2D eigenvalue weighted by Crippen LogP contribution is 2.40. The van der Waals surface area contributed by atoms with Crippen LogP contribution in [0.15, 0.2) is 54.7 Å². The fourth-order valence-electron chi connectivity index (χ4n) is 3.52. The van der Waals surface area contributed by atoms with E-state index in [9.17, 15) is 4.79 Å². The van der Waals surface area contributed by atoms with Crippen LogP contribution in [-0.4, -0.2) is 30.1 Å². The van der Waals surface area contributed by atoms with Crippen molar-refractivity contribution in [3.05, 3.63) is 77.1 Å². The summed E-state index contributed by atoms with van der Waals surface area (Å²) in [5.41, 5.74) is 4.13. The SMILES string of the molecule is COc1ccc(OC)c2sc(N(Cc3ccccn3)C(=O)c3cc(C)cc(C)c3)nc12. The van der Waals surface area contributed by atoms with Gasteiger partial charge in [0.1, 0.15) is 21.7 Å². The molecule has 0 unspecified atom stereocenters. The van der Waals surface area contributed by atoms with Crippen LogP contribution in [0.5, 0.6) is 11.5 Å². The number of carbonyl (C=O) groups excluding carboxylic acids is 1. The number of benzene rings is 2. The number of aryl methyl sites for hydroxylation is 2. The number of aromatic nitrogens is 2. The van der Waals surface area contributed by atoms with Gasteiger partial charge in [0.15, 0.2) is 5.13 Å². The van der Waals surface area contributed by atoms with Gasteiger partial charge in [-0.25, -0.2) is 4.98 Å². The van der Waals surface area contributed by atoms with Crippen molar-refractivity contribution in [1.82, 2.24) is 9.97 Å². The van der Waals surface area contributed by atoms with E-state index in [4.69, 9.17) is 14.5 Å². The number of carbonyl (C=O) groups is 1. The average molecular weight is 434 g/mol. The molecule has 2 aromatic heterocycles. The number of hydrogen-bond donors (Lipinski definition) is 0. The molecule has 0 aliphatic carbocycles. The number of ether oxygens (including phenoxy) is 2. The normalized spacial score (nSPS) is 10.8. The third-order valence-corrected chi connectivity index (χ3v) is 5.98.